The predicted molar refractivity (Wildman–Crippen MR) is 58.2 cm³/mol. The molecule has 0 saturated carbocycles. The van der Waals surface area contributed by atoms with Gasteiger partial charge < -0.3 is 5.32 Å². The van der Waals surface area contributed by atoms with Crippen molar-refractivity contribution in [2.24, 2.45) is 0 Å². The first kappa shape index (κ1) is 9.86. The molecule has 0 unspecified atom stereocenters. The minimum atomic E-state index is 0.0636. The number of carbonyl (C=O) groups excluding carboxylic acids is 1. The molecule has 0 aliphatic carbocycles. The van der Waals surface area contributed by atoms with Crippen LogP contribution in [0.5, 0.6) is 0 Å². The van der Waals surface area contributed by atoms with Crippen molar-refractivity contribution in [1.82, 2.24) is 14.7 Å². The van der Waals surface area contributed by atoms with Crippen LogP contribution in [-0.2, 0) is 0 Å². The Balaban J connectivity index is 2.58. The van der Waals surface area contributed by atoms with E-state index in [0.717, 1.165) is 11.3 Å². The highest BCUT2D eigenvalue weighted by atomic mass is 16.1. The number of ketones is 1. The van der Waals surface area contributed by atoms with Crippen LogP contribution in [0.4, 0.5) is 0 Å². The van der Waals surface area contributed by atoms with Crippen LogP contribution >= 0.6 is 0 Å². The quantitative estimate of drug-likeness (QED) is 0.758. The van der Waals surface area contributed by atoms with Crippen LogP contribution in [0, 0.1) is 6.92 Å². The van der Waals surface area contributed by atoms with Gasteiger partial charge in [-0.1, -0.05) is 6.07 Å². The van der Waals surface area contributed by atoms with Gasteiger partial charge in [0.1, 0.15) is 11.3 Å². The Labute approximate surface area is 87.9 Å². The largest absolute Gasteiger partial charge is 0.313 e. The van der Waals surface area contributed by atoms with Crippen LogP contribution in [0.15, 0.2) is 24.4 Å². The number of nitrogens with zero attached hydrogens (tertiary/aromatic N) is 2. The number of carbonyl (C=O) groups is 1. The number of pyridine rings is 1. The maximum Gasteiger partial charge on any atom is 0.195 e. The molecule has 0 fully saturated rings. The van der Waals surface area contributed by atoms with Crippen molar-refractivity contribution in [2.75, 3.05) is 13.6 Å². The van der Waals surface area contributed by atoms with Crippen LogP contribution in [0.2, 0.25) is 0 Å². The lowest BCUT2D eigenvalue weighted by Gasteiger charge is -2.00. The summed E-state index contributed by atoms with van der Waals surface area (Å²) in [6.07, 6.45) is 1.86. The molecular weight excluding hydrogens is 190 g/mol. The van der Waals surface area contributed by atoms with E-state index < -0.39 is 0 Å². The van der Waals surface area contributed by atoms with Crippen LogP contribution in [0.25, 0.3) is 5.65 Å². The van der Waals surface area contributed by atoms with Crippen LogP contribution in [0.3, 0.4) is 0 Å². The second kappa shape index (κ2) is 3.82. The molecule has 0 aliphatic heterocycles. The van der Waals surface area contributed by atoms with Crippen molar-refractivity contribution in [1.29, 1.82) is 0 Å². The second-order valence-corrected chi connectivity index (χ2v) is 3.43. The highest BCUT2D eigenvalue weighted by molar-refractivity contribution is 5.97. The van der Waals surface area contributed by atoms with E-state index >= 15 is 0 Å². The van der Waals surface area contributed by atoms with Crippen LogP contribution in [0.1, 0.15) is 16.2 Å². The monoisotopic (exact) mass is 203 g/mol. The molecule has 0 aliphatic rings. The maximum absolute atomic E-state index is 11.8. The van der Waals surface area contributed by atoms with Gasteiger partial charge in [-0.25, -0.2) is 4.98 Å². The number of nitrogens with one attached hydrogen (secondary N) is 1. The zero-order valence-corrected chi connectivity index (χ0v) is 8.82. The van der Waals surface area contributed by atoms with Gasteiger partial charge in [-0.3, -0.25) is 9.20 Å². The van der Waals surface area contributed by atoms with Crippen molar-refractivity contribution in [3.8, 4) is 0 Å². The maximum atomic E-state index is 11.8. The minimum absolute atomic E-state index is 0.0636. The molecule has 15 heavy (non-hydrogen) atoms. The van der Waals surface area contributed by atoms with Gasteiger partial charge in [0.25, 0.3) is 0 Å². The van der Waals surface area contributed by atoms with E-state index in [1.54, 1.807) is 7.05 Å². The molecule has 2 aromatic rings. The Bertz CT molecular complexity index is 502. The van der Waals surface area contributed by atoms with E-state index in [2.05, 4.69) is 10.3 Å². The molecule has 0 bridgehead atoms. The molecule has 0 atom stereocenters. The predicted octanol–water partition coefficient (Wildman–Crippen LogP) is 1.04. The number of aryl methyl sites for hydroxylation is 1. The third kappa shape index (κ3) is 1.64. The molecule has 4 nitrogen and oxygen atoms in total. The SMILES string of the molecule is CNCC(=O)c1c(C)nc2ccccn12. The smallest absolute Gasteiger partial charge is 0.195 e. The molecule has 2 aromatic heterocycles. The van der Waals surface area contributed by atoms with Crippen molar-refractivity contribution >= 4 is 11.4 Å². The lowest BCUT2D eigenvalue weighted by Crippen LogP contribution is -2.20. The fourth-order valence-corrected chi connectivity index (χ4v) is 1.69. The molecule has 78 valence electrons. The van der Waals surface area contributed by atoms with Crippen LogP contribution < -0.4 is 5.32 Å². The number of rotatable bonds is 3. The van der Waals surface area contributed by atoms with Crippen molar-refractivity contribution in [3.05, 3.63) is 35.8 Å². The summed E-state index contributed by atoms with van der Waals surface area (Å²) in [5.74, 6) is 0.0636. The van der Waals surface area contributed by atoms with E-state index in [1.165, 1.54) is 0 Å². The van der Waals surface area contributed by atoms with Crippen molar-refractivity contribution in [3.63, 3.8) is 0 Å². The fraction of sp³-hybridized carbons (Fsp3) is 0.273. The van der Waals surface area contributed by atoms with Gasteiger partial charge in [-0.05, 0) is 26.1 Å². The number of Topliss-reactive ketones (excluding diaryl/α,β-unsaturated/α-hetero) is 1. The molecule has 0 amide bonds. The highest BCUT2D eigenvalue weighted by Crippen LogP contribution is 2.11. The molecule has 0 spiro atoms. The number of aromatic nitrogens is 2. The van der Waals surface area contributed by atoms with Crippen LogP contribution in [-0.4, -0.2) is 28.8 Å². The van der Waals surface area contributed by atoms with Gasteiger partial charge in [-0.2, -0.15) is 0 Å². The van der Waals surface area contributed by atoms with E-state index in [-0.39, 0.29) is 5.78 Å². The summed E-state index contributed by atoms with van der Waals surface area (Å²) >= 11 is 0. The molecule has 0 radical (unpaired) electrons. The lowest BCUT2D eigenvalue weighted by molar-refractivity contribution is 0.0987. The molecular formula is C11H13N3O. The topological polar surface area (TPSA) is 46.4 Å². The van der Waals surface area contributed by atoms with Gasteiger partial charge in [0.2, 0.25) is 0 Å². The first-order valence-electron chi connectivity index (χ1n) is 4.85. The van der Waals surface area contributed by atoms with E-state index in [9.17, 15) is 4.79 Å². The van der Waals surface area contributed by atoms with Gasteiger partial charge in [0.05, 0.1) is 12.2 Å². The summed E-state index contributed by atoms with van der Waals surface area (Å²) in [7, 11) is 1.76. The van der Waals surface area contributed by atoms with Gasteiger partial charge in [0, 0.05) is 6.20 Å². The van der Waals surface area contributed by atoms with Gasteiger partial charge in [0.15, 0.2) is 5.78 Å². The third-order valence-corrected chi connectivity index (χ3v) is 2.31. The Morgan fingerprint density at radius 3 is 3.07 bits per heavy atom. The lowest BCUT2D eigenvalue weighted by atomic mass is 10.2. The molecule has 0 saturated heterocycles. The van der Waals surface area contributed by atoms with Gasteiger partial charge in [-0.15, -0.1) is 0 Å². The summed E-state index contributed by atoms with van der Waals surface area (Å²) in [5, 5.41) is 2.86. The Morgan fingerprint density at radius 1 is 1.53 bits per heavy atom. The summed E-state index contributed by atoms with van der Waals surface area (Å²) in [6.45, 7) is 2.19. The van der Waals surface area contributed by atoms with E-state index in [1.807, 2.05) is 35.7 Å². The Morgan fingerprint density at radius 2 is 2.33 bits per heavy atom. The Hall–Kier alpha value is -1.68. The van der Waals surface area contributed by atoms with E-state index in [4.69, 9.17) is 0 Å². The highest BCUT2D eigenvalue weighted by Gasteiger charge is 2.14. The van der Waals surface area contributed by atoms with Crippen molar-refractivity contribution < 1.29 is 4.79 Å². The number of imidazole rings is 1. The molecule has 4 heteroatoms. The average Bonchev–Trinajstić information content (AvgIpc) is 2.54. The molecule has 0 aromatic carbocycles. The van der Waals surface area contributed by atoms with Crippen molar-refractivity contribution in [2.45, 2.75) is 6.92 Å². The average molecular weight is 203 g/mol. The van der Waals surface area contributed by atoms with E-state index in [0.29, 0.717) is 12.2 Å². The third-order valence-electron chi connectivity index (χ3n) is 2.31. The zero-order valence-electron chi connectivity index (χ0n) is 8.82. The molecule has 1 N–H and O–H groups in total. The number of hydrogen-bond acceptors (Lipinski definition) is 3. The van der Waals surface area contributed by atoms with Gasteiger partial charge >= 0.3 is 0 Å². The summed E-state index contributed by atoms with van der Waals surface area (Å²) in [4.78, 5) is 16.1. The number of fused-ring (bicyclic) bond motifs is 1. The summed E-state index contributed by atoms with van der Waals surface area (Å²) < 4.78 is 1.83. The second-order valence-electron chi connectivity index (χ2n) is 3.43. The molecule has 2 heterocycles. The summed E-state index contributed by atoms with van der Waals surface area (Å²) in [5.41, 5.74) is 2.26. The zero-order chi connectivity index (χ0) is 10.8. The normalized spacial score (nSPS) is 10.8. The number of likely N-dealkylation sites (N-methyl/N-ethyl adjacent to an activating group) is 1. The number of hydrogen-bond donors (Lipinski definition) is 1. The molecule has 2 rings (SSSR count). The Kier molecular flexibility index (Phi) is 2.51. The standard InChI is InChI=1S/C11H13N3O/c1-8-11(9(15)7-12-2)14-6-4-3-5-10(14)13-8/h3-6,12H,7H2,1-2H3. The first-order chi connectivity index (χ1) is 7.24. The summed E-state index contributed by atoms with van der Waals surface area (Å²) in [6, 6.07) is 5.70. The minimum Gasteiger partial charge on any atom is -0.313 e. The first-order valence-corrected chi connectivity index (χ1v) is 4.85. The fourth-order valence-electron chi connectivity index (χ4n) is 1.69.